The van der Waals surface area contributed by atoms with Crippen LogP contribution < -0.4 is 0 Å². The maximum atomic E-state index is 5.88. The van der Waals surface area contributed by atoms with Gasteiger partial charge in [-0.1, -0.05) is 47.6 Å². The average Bonchev–Trinajstić information content (AvgIpc) is 2.76. The fourth-order valence-corrected chi connectivity index (χ4v) is 3.05. The molecule has 0 fully saturated rings. The van der Waals surface area contributed by atoms with Crippen LogP contribution in [0.4, 0.5) is 0 Å². The van der Waals surface area contributed by atoms with Crippen LogP contribution >= 0.6 is 23.4 Å². The molecule has 0 amide bonds. The second-order valence-corrected chi connectivity index (χ2v) is 5.74. The van der Waals surface area contributed by atoms with Crippen LogP contribution in [0.2, 0.25) is 5.02 Å². The van der Waals surface area contributed by atoms with Gasteiger partial charge in [0.25, 0.3) is 0 Å². The lowest BCUT2D eigenvalue weighted by molar-refractivity contribution is 0.815. The molecule has 96 valence electrons. The first-order chi connectivity index (χ1) is 9.24. The van der Waals surface area contributed by atoms with Crippen molar-refractivity contribution in [2.45, 2.75) is 10.9 Å². The van der Waals surface area contributed by atoms with E-state index in [9.17, 15) is 0 Å². The summed E-state index contributed by atoms with van der Waals surface area (Å²) in [5, 5.41) is 1.81. The Morgan fingerprint density at radius 1 is 1.11 bits per heavy atom. The van der Waals surface area contributed by atoms with Crippen LogP contribution in [0.1, 0.15) is 5.56 Å². The molecular weight excluding hydrogens is 276 g/mol. The number of thioether (sulfide) groups is 1. The molecule has 3 aromatic rings. The maximum absolute atomic E-state index is 5.88. The van der Waals surface area contributed by atoms with Gasteiger partial charge in [-0.15, -0.1) is 0 Å². The van der Waals surface area contributed by atoms with Crippen molar-refractivity contribution in [3.05, 3.63) is 59.1 Å². The Kier molecular flexibility index (Phi) is 3.49. The molecule has 4 heteroatoms. The van der Waals surface area contributed by atoms with E-state index in [1.807, 2.05) is 30.3 Å². The highest BCUT2D eigenvalue weighted by atomic mass is 35.5. The SMILES string of the molecule is Cn1c(SCc2ccc(Cl)cc2)nc2ccccc21. The van der Waals surface area contributed by atoms with E-state index in [-0.39, 0.29) is 0 Å². The standard InChI is InChI=1S/C15H13ClN2S/c1-18-14-5-3-2-4-13(14)17-15(18)19-10-11-6-8-12(16)9-7-11/h2-9H,10H2,1H3. The van der Waals surface area contributed by atoms with Crippen molar-refractivity contribution in [3.8, 4) is 0 Å². The van der Waals surface area contributed by atoms with Crippen molar-refractivity contribution in [3.63, 3.8) is 0 Å². The molecule has 0 unspecified atom stereocenters. The number of fused-ring (bicyclic) bond motifs is 1. The maximum Gasteiger partial charge on any atom is 0.169 e. The summed E-state index contributed by atoms with van der Waals surface area (Å²) in [7, 11) is 2.06. The largest absolute Gasteiger partial charge is 0.322 e. The smallest absolute Gasteiger partial charge is 0.169 e. The predicted molar refractivity (Wildman–Crippen MR) is 81.7 cm³/mol. The molecule has 0 aliphatic carbocycles. The molecule has 2 nitrogen and oxygen atoms in total. The molecule has 0 saturated heterocycles. The first-order valence-corrected chi connectivity index (χ1v) is 7.39. The molecule has 0 aliphatic heterocycles. The second-order valence-electron chi connectivity index (χ2n) is 4.36. The summed E-state index contributed by atoms with van der Waals surface area (Å²) in [6.45, 7) is 0. The summed E-state index contributed by atoms with van der Waals surface area (Å²) in [5.74, 6) is 0.897. The van der Waals surface area contributed by atoms with Crippen LogP contribution in [-0.4, -0.2) is 9.55 Å². The quantitative estimate of drug-likeness (QED) is 0.660. The highest BCUT2D eigenvalue weighted by Gasteiger charge is 2.07. The van der Waals surface area contributed by atoms with Gasteiger partial charge in [-0.05, 0) is 29.8 Å². The number of hydrogen-bond donors (Lipinski definition) is 0. The van der Waals surface area contributed by atoms with Crippen LogP contribution in [0.25, 0.3) is 11.0 Å². The topological polar surface area (TPSA) is 17.8 Å². The highest BCUT2D eigenvalue weighted by Crippen LogP contribution is 2.25. The van der Waals surface area contributed by atoms with Crippen LogP contribution in [0.3, 0.4) is 0 Å². The number of para-hydroxylation sites is 2. The monoisotopic (exact) mass is 288 g/mol. The third kappa shape index (κ3) is 2.62. The Morgan fingerprint density at radius 2 is 1.84 bits per heavy atom. The van der Waals surface area contributed by atoms with E-state index in [0.717, 1.165) is 21.4 Å². The lowest BCUT2D eigenvalue weighted by Crippen LogP contribution is -1.91. The third-order valence-corrected chi connectivity index (χ3v) is 4.38. The molecule has 3 rings (SSSR count). The molecule has 0 atom stereocenters. The van der Waals surface area contributed by atoms with Gasteiger partial charge in [0.2, 0.25) is 0 Å². The molecule has 19 heavy (non-hydrogen) atoms. The minimum Gasteiger partial charge on any atom is -0.322 e. The molecule has 1 heterocycles. The molecule has 0 radical (unpaired) electrons. The van der Waals surface area contributed by atoms with Crippen molar-refractivity contribution in [1.82, 2.24) is 9.55 Å². The van der Waals surface area contributed by atoms with Crippen molar-refractivity contribution < 1.29 is 0 Å². The normalized spacial score (nSPS) is 11.1. The summed E-state index contributed by atoms with van der Waals surface area (Å²) in [4.78, 5) is 4.64. The van der Waals surface area contributed by atoms with Gasteiger partial charge in [-0.25, -0.2) is 4.98 Å². The zero-order chi connectivity index (χ0) is 13.2. The minimum atomic E-state index is 0.775. The Balaban J connectivity index is 1.82. The average molecular weight is 289 g/mol. The first-order valence-electron chi connectivity index (χ1n) is 6.03. The van der Waals surface area contributed by atoms with Crippen LogP contribution in [0.15, 0.2) is 53.7 Å². The van der Waals surface area contributed by atoms with Crippen molar-refractivity contribution in [2.24, 2.45) is 7.05 Å². The van der Waals surface area contributed by atoms with E-state index in [1.54, 1.807) is 11.8 Å². The Labute approximate surface area is 121 Å². The van der Waals surface area contributed by atoms with E-state index >= 15 is 0 Å². The van der Waals surface area contributed by atoms with Gasteiger partial charge in [0, 0.05) is 17.8 Å². The Hall–Kier alpha value is -1.45. The van der Waals surface area contributed by atoms with Gasteiger partial charge in [-0.3, -0.25) is 0 Å². The van der Waals surface area contributed by atoms with Crippen molar-refractivity contribution >= 4 is 34.4 Å². The second kappa shape index (κ2) is 5.27. The van der Waals surface area contributed by atoms with Gasteiger partial charge in [-0.2, -0.15) is 0 Å². The molecule has 0 aliphatic rings. The number of aryl methyl sites for hydroxylation is 1. The minimum absolute atomic E-state index is 0.775. The van der Waals surface area contributed by atoms with Crippen molar-refractivity contribution in [2.75, 3.05) is 0 Å². The summed E-state index contributed by atoms with van der Waals surface area (Å²) >= 11 is 7.62. The van der Waals surface area contributed by atoms with Gasteiger partial charge in [0.05, 0.1) is 11.0 Å². The van der Waals surface area contributed by atoms with Gasteiger partial charge in [0.15, 0.2) is 5.16 Å². The van der Waals surface area contributed by atoms with Crippen LogP contribution in [0, 0.1) is 0 Å². The van der Waals surface area contributed by atoms with E-state index in [2.05, 4.69) is 34.8 Å². The van der Waals surface area contributed by atoms with Crippen molar-refractivity contribution in [1.29, 1.82) is 0 Å². The summed E-state index contributed by atoms with van der Waals surface area (Å²) < 4.78 is 2.13. The van der Waals surface area contributed by atoms with E-state index in [0.29, 0.717) is 0 Å². The molecule has 0 N–H and O–H groups in total. The summed E-state index contributed by atoms with van der Waals surface area (Å²) in [6, 6.07) is 16.1. The number of aromatic nitrogens is 2. The van der Waals surface area contributed by atoms with E-state index in [4.69, 9.17) is 11.6 Å². The molecular formula is C15H13ClN2S. The fourth-order valence-electron chi connectivity index (χ4n) is 1.98. The Bertz CT molecular complexity index is 704. The molecule has 0 spiro atoms. The lowest BCUT2D eigenvalue weighted by Gasteiger charge is -2.02. The predicted octanol–water partition coefficient (Wildman–Crippen LogP) is 4.52. The number of benzene rings is 2. The van der Waals surface area contributed by atoms with Gasteiger partial charge >= 0.3 is 0 Å². The van der Waals surface area contributed by atoms with Gasteiger partial charge < -0.3 is 4.57 Å². The third-order valence-electron chi connectivity index (χ3n) is 3.03. The molecule has 2 aromatic carbocycles. The number of imidazole rings is 1. The zero-order valence-corrected chi connectivity index (χ0v) is 12.1. The number of halogens is 1. The van der Waals surface area contributed by atoms with Crippen LogP contribution in [0.5, 0.6) is 0 Å². The van der Waals surface area contributed by atoms with Crippen LogP contribution in [-0.2, 0) is 12.8 Å². The summed E-state index contributed by atoms with van der Waals surface area (Å²) in [5.41, 5.74) is 3.46. The zero-order valence-electron chi connectivity index (χ0n) is 10.5. The van der Waals surface area contributed by atoms with E-state index < -0.39 is 0 Å². The lowest BCUT2D eigenvalue weighted by atomic mass is 10.2. The highest BCUT2D eigenvalue weighted by molar-refractivity contribution is 7.98. The fraction of sp³-hybridized carbons (Fsp3) is 0.133. The first kappa shape index (κ1) is 12.6. The summed E-state index contributed by atoms with van der Waals surface area (Å²) in [6.07, 6.45) is 0. The number of hydrogen-bond acceptors (Lipinski definition) is 2. The number of rotatable bonds is 3. The van der Waals surface area contributed by atoms with Gasteiger partial charge in [0.1, 0.15) is 0 Å². The molecule has 0 saturated carbocycles. The molecule has 1 aromatic heterocycles. The number of nitrogens with zero attached hydrogens (tertiary/aromatic N) is 2. The molecule has 0 bridgehead atoms. The Morgan fingerprint density at radius 3 is 2.58 bits per heavy atom. The van der Waals surface area contributed by atoms with E-state index in [1.165, 1.54) is 11.1 Å².